The Balaban J connectivity index is 1.38. The molecule has 1 aromatic carbocycles. The van der Waals surface area contributed by atoms with Crippen LogP contribution in [0.25, 0.3) is 0 Å². The molecule has 1 aromatic heterocycles. The molecule has 0 saturated carbocycles. The minimum Gasteiger partial charge on any atom is -0.484 e. The minimum atomic E-state index is -0.331. The summed E-state index contributed by atoms with van der Waals surface area (Å²) in [5.41, 5.74) is 0. The average molecular weight is 359 g/mol. The van der Waals surface area contributed by atoms with Crippen molar-refractivity contribution in [1.82, 2.24) is 24.6 Å². The van der Waals surface area contributed by atoms with Crippen LogP contribution in [0.15, 0.2) is 24.3 Å². The molecule has 7 nitrogen and oxygen atoms in total. The van der Waals surface area contributed by atoms with Crippen molar-refractivity contribution >= 4 is 5.91 Å². The highest BCUT2D eigenvalue weighted by Gasteiger charge is 2.31. The number of amides is 1. The molecule has 138 valence electrons. The fourth-order valence-electron chi connectivity index (χ4n) is 3.64. The Kier molecular flexibility index (Phi) is 4.58. The van der Waals surface area contributed by atoms with Gasteiger partial charge in [-0.25, -0.2) is 4.39 Å². The number of carbonyl (C=O) groups excluding carboxylic acids is 1. The normalized spacial score (nSPS) is 20.2. The van der Waals surface area contributed by atoms with Crippen LogP contribution < -0.4 is 4.74 Å². The van der Waals surface area contributed by atoms with E-state index in [4.69, 9.17) is 4.74 Å². The quantitative estimate of drug-likeness (QED) is 0.830. The lowest BCUT2D eigenvalue weighted by Gasteiger charge is -2.29. The van der Waals surface area contributed by atoms with Crippen molar-refractivity contribution in [3.05, 3.63) is 41.7 Å². The number of likely N-dealkylation sites (tertiary alicyclic amines) is 1. The van der Waals surface area contributed by atoms with E-state index in [0.29, 0.717) is 31.4 Å². The van der Waals surface area contributed by atoms with Crippen LogP contribution in [-0.2, 0) is 17.9 Å². The number of ether oxygens (including phenoxy) is 1. The van der Waals surface area contributed by atoms with Crippen molar-refractivity contribution in [2.45, 2.75) is 32.0 Å². The van der Waals surface area contributed by atoms with Gasteiger partial charge in [0.05, 0.1) is 12.6 Å². The Morgan fingerprint density at radius 2 is 2.04 bits per heavy atom. The van der Waals surface area contributed by atoms with Crippen LogP contribution in [0, 0.1) is 5.82 Å². The first-order valence-electron chi connectivity index (χ1n) is 8.90. The zero-order valence-electron chi connectivity index (χ0n) is 14.8. The van der Waals surface area contributed by atoms with E-state index in [1.54, 1.807) is 4.90 Å². The zero-order chi connectivity index (χ0) is 18.1. The van der Waals surface area contributed by atoms with Gasteiger partial charge < -0.3 is 14.2 Å². The van der Waals surface area contributed by atoms with E-state index in [9.17, 15) is 9.18 Å². The molecule has 3 heterocycles. The Morgan fingerprint density at radius 1 is 1.23 bits per heavy atom. The number of benzene rings is 1. The molecular formula is C18H22FN5O2. The molecule has 1 amide bonds. The van der Waals surface area contributed by atoms with Crippen LogP contribution in [0.1, 0.15) is 30.5 Å². The predicted molar refractivity (Wildman–Crippen MR) is 91.9 cm³/mol. The molecule has 0 N–H and O–H groups in total. The molecule has 2 aliphatic rings. The van der Waals surface area contributed by atoms with Crippen molar-refractivity contribution in [2.24, 2.45) is 0 Å². The molecule has 0 unspecified atom stereocenters. The maximum absolute atomic E-state index is 12.9. The Morgan fingerprint density at radius 3 is 2.77 bits per heavy atom. The Bertz CT molecular complexity index is 791. The van der Waals surface area contributed by atoms with E-state index in [2.05, 4.69) is 26.7 Å². The van der Waals surface area contributed by atoms with Crippen molar-refractivity contribution in [1.29, 1.82) is 0 Å². The summed E-state index contributed by atoms with van der Waals surface area (Å²) in [4.78, 5) is 16.5. The monoisotopic (exact) mass is 359 g/mol. The van der Waals surface area contributed by atoms with Gasteiger partial charge in [0, 0.05) is 13.1 Å². The second kappa shape index (κ2) is 7.03. The van der Waals surface area contributed by atoms with Crippen LogP contribution in [0.3, 0.4) is 0 Å². The van der Waals surface area contributed by atoms with Gasteiger partial charge in [-0.2, -0.15) is 0 Å². The summed E-state index contributed by atoms with van der Waals surface area (Å²) in [6.45, 7) is 2.76. The molecule has 26 heavy (non-hydrogen) atoms. The molecule has 1 saturated heterocycles. The molecule has 2 aliphatic heterocycles. The zero-order valence-corrected chi connectivity index (χ0v) is 14.8. The summed E-state index contributed by atoms with van der Waals surface area (Å²) in [5, 5.41) is 8.70. The predicted octanol–water partition coefficient (Wildman–Crippen LogP) is 1.61. The van der Waals surface area contributed by atoms with Gasteiger partial charge in [0.1, 0.15) is 11.6 Å². The van der Waals surface area contributed by atoms with Gasteiger partial charge in [0.2, 0.25) is 0 Å². The van der Waals surface area contributed by atoms with Crippen LogP contribution >= 0.6 is 0 Å². The first-order valence-corrected chi connectivity index (χ1v) is 8.90. The third-order valence-electron chi connectivity index (χ3n) is 5.13. The van der Waals surface area contributed by atoms with Crippen LogP contribution in [0.5, 0.6) is 5.75 Å². The molecule has 0 bridgehead atoms. The summed E-state index contributed by atoms with van der Waals surface area (Å²) in [7, 11) is 2.12. The lowest BCUT2D eigenvalue weighted by molar-refractivity contribution is -0.134. The third-order valence-corrected chi connectivity index (χ3v) is 5.13. The number of fused-ring (bicyclic) bond motifs is 1. The minimum absolute atomic E-state index is 0.0714. The van der Waals surface area contributed by atoms with Crippen molar-refractivity contribution < 1.29 is 13.9 Å². The molecular weight excluding hydrogens is 337 g/mol. The topological polar surface area (TPSA) is 63.5 Å². The number of carbonyl (C=O) groups is 1. The van der Waals surface area contributed by atoms with Gasteiger partial charge in [-0.15, -0.1) is 10.2 Å². The Hall–Kier alpha value is -2.48. The van der Waals surface area contributed by atoms with Gasteiger partial charge in [-0.3, -0.25) is 9.69 Å². The van der Waals surface area contributed by atoms with Gasteiger partial charge in [0.25, 0.3) is 5.91 Å². The largest absolute Gasteiger partial charge is 0.484 e. The fourth-order valence-corrected chi connectivity index (χ4v) is 3.64. The first-order chi connectivity index (χ1) is 12.6. The summed E-state index contributed by atoms with van der Waals surface area (Å²) >= 11 is 0. The second-order valence-corrected chi connectivity index (χ2v) is 6.82. The number of aromatic nitrogens is 3. The van der Waals surface area contributed by atoms with E-state index in [0.717, 1.165) is 24.6 Å². The summed E-state index contributed by atoms with van der Waals surface area (Å²) in [6.07, 6.45) is 2.28. The Labute approximate surface area is 151 Å². The van der Waals surface area contributed by atoms with Crippen LogP contribution in [-0.4, -0.2) is 57.2 Å². The standard InChI is InChI=1S/C18H22FN5O2/c1-22-8-2-3-15(22)18-21-20-16-11-23(9-10-24(16)18)17(25)12-26-14-6-4-13(19)5-7-14/h4-7,15H,2-3,8-12H2,1H3/t15-/m0/s1. The molecule has 0 aliphatic carbocycles. The molecule has 2 aromatic rings. The summed E-state index contributed by atoms with van der Waals surface area (Å²) < 4.78 is 20.5. The summed E-state index contributed by atoms with van der Waals surface area (Å²) in [6, 6.07) is 5.97. The first kappa shape index (κ1) is 17.0. The smallest absolute Gasteiger partial charge is 0.260 e. The number of halogens is 1. The fraction of sp³-hybridized carbons (Fsp3) is 0.500. The maximum atomic E-state index is 12.9. The van der Waals surface area contributed by atoms with E-state index < -0.39 is 0 Å². The number of rotatable bonds is 4. The lowest BCUT2D eigenvalue weighted by atomic mass is 10.2. The van der Waals surface area contributed by atoms with Crippen molar-refractivity contribution in [2.75, 3.05) is 26.7 Å². The van der Waals surface area contributed by atoms with E-state index in [1.165, 1.54) is 30.7 Å². The maximum Gasteiger partial charge on any atom is 0.260 e. The number of nitrogens with zero attached hydrogens (tertiary/aromatic N) is 5. The molecule has 0 radical (unpaired) electrons. The van der Waals surface area contributed by atoms with Gasteiger partial charge in [-0.05, 0) is 50.7 Å². The van der Waals surface area contributed by atoms with Crippen LogP contribution in [0.2, 0.25) is 0 Å². The SMILES string of the molecule is CN1CCC[C@H]1c1nnc2n1CCN(C(=O)COc1ccc(F)cc1)C2. The highest BCUT2D eigenvalue weighted by Crippen LogP contribution is 2.30. The number of hydrogen-bond donors (Lipinski definition) is 0. The molecule has 8 heteroatoms. The highest BCUT2D eigenvalue weighted by molar-refractivity contribution is 5.77. The molecule has 1 atom stereocenters. The third kappa shape index (κ3) is 3.29. The van der Waals surface area contributed by atoms with E-state index >= 15 is 0 Å². The highest BCUT2D eigenvalue weighted by atomic mass is 19.1. The van der Waals surface area contributed by atoms with Gasteiger partial charge in [-0.1, -0.05) is 0 Å². The summed E-state index contributed by atoms with van der Waals surface area (Å²) in [5.74, 6) is 1.87. The molecule has 1 fully saturated rings. The molecule has 0 spiro atoms. The number of hydrogen-bond acceptors (Lipinski definition) is 5. The van der Waals surface area contributed by atoms with E-state index in [1.807, 2.05) is 0 Å². The van der Waals surface area contributed by atoms with Crippen molar-refractivity contribution in [3.8, 4) is 5.75 Å². The second-order valence-electron chi connectivity index (χ2n) is 6.82. The van der Waals surface area contributed by atoms with Gasteiger partial charge >= 0.3 is 0 Å². The average Bonchev–Trinajstić information content (AvgIpc) is 3.26. The lowest BCUT2D eigenvalue weighted by Crippen LogP contribution is -2.41. The van der Waals surface area contributed by atoms with Gasteiger partial charge in [0.15, 0.2) is 18.3 Å². The van der Waals surface area contributed by atoms with Crippen molar-refractivity contribution in [3.63, 3.8) is 0 Å². The van der Waals surface area contributed by atoms with Crippen LogP contribution in [0.4, 0.5) is 4.39 Å². The molecule has 4 rings (SSSR count). The van der Waals surface area contributed by atoms with E-state index in [-0.39, 0.29) is 18.3 Å².